The molecule has 0 aromatic heterocycles. The van der Waals surface area contributed by atoms with Gasteiger partial charge in [-0.1, -0.05) is 47.1 Å². The third-order valence-corrected chi connectivity index (χ3v) is 6.89. The normalized spacial score (nSPS) is 13.2. The fourth-order valence-electron chi connectivity index (χ4n) is 3.08. The van der Waals surface area contributed by atoms with Crippen LogP contribution >= 0.6 is 15.9 Å². The molecule has 0 radical (unpaired) electrons. The number of benzene rings is 2. The van der Waals surface area contributed by atoms with Gasteiger partial charge in [0.25, 0.3) is 0 Å². The van der Waals surface area contributed by atoms with E-state index in [0.717, 1.165) is 26.7 Å². The van der Waals surface area contributed by atoms with Crippen molar-refractivity contribution in [2.24, 2.45) is 0 Å². The summed E-state index contributed by atoms with van der Waals surface area (Å²) in [6.45, 7) is 4.81. The van der Waals surface area contributed by atoms with Crippen molar-refractivity contribution in [1.82, 2.24) is 10.2 Å². The molecule has 0 saturated heterocycles. The lowest BCUT2D eigenvalue weighted by Crippen LogP contribution is -2.52. The summed E-state index contributed by atoms with van der Waals surface area (Å²) >= 11 is 3.36. The summed E-state index contributed by atoms with van der Waals surface area (Å²) in [5, 5.41) is 2.85. The first-order valence-electron chi connectivity index (χ1n) is 10.5. The first kappa shape index (κ1) is 26.8. The zero-order valence-electron chi connectivity index (χ0n) is 19.1. The Balaban J connectivity index is 2.39. The van der Waals surface area contributed by atoms with Crippen LogP contribution in [0.25, 0.3) is 0 Å². The monoisotopic (exact) mass is 541 g/mol. The number of nitrogens with zero attached hydrogens (tertiary/aromatic N) is 2. The van der Waals surface area contributed by atoms with Crippen LogP contribution in [0.2, 0.25) is 0 Å². The van der Waals surface area contributed by atoms with E-state index in [-0.39, 0.29) is 24.2 Å². The van der Waals surface area contributed by atoms with Crippen molar-refractivity contribution >= 4 is 43.5 Å². The first-order valence-corrected chi connectivity index (χ1v) is 13.1. The minimum absolute atomic E-state index is 0.0794. The van der Waals surface area contributed by atoms with Gasteiger partial charge in [0.1, 0.15) is 18.4 Å². The largest absolute Gasteiger partial charge is 0.352 e. The van der Waals surface area contributed by atoms with E-state index in [4.69, 9.17) is 0 Å². The number of para-hydroxylation sites is 1. The zero-order valence-corrected chi connectivity index (χ0v) is 21.5. The number of nitrogens with one attached hydrogen (secondary N) is 1. The Morgan fingerprint density at radius 2 is 1.70 bits per heavy atom. The minimum Gasteiger partial charge on any atom is -0.352 e. The zero-order chi connectivity index (χ0) is 24.8. The number of anilines is 1. The molecular formula is C23H29BrFN3O4S. The molecule has 10 heteroatoms. The number of hydrogen-bond donors (Lipinski definition) is 1. The smallest absolute Gasteiger partial charge is 0.244 e. The molecule has 2 atom stereocenters. The van der Waals surface area contributed by atoms with E-state index in [1.807, 2.05) is 26.0 Å². The number of amides is 2. The Morgan fingerprint density at radius 3 is 2.24 bits per heavy atom. The summed E-state index contributed by atoms with van der Waals surface area (Å²) in [6.07, 6.45) is 1.62. The molecule has 0 aliphatic carbocycles. The molecule has 2 amide bonds. The lowest BCUT2D eigenvalue weighted by Gasteiger charge is -2.32. The van der Waals surface area contributed by atoms with Crippen molar-refractivity contribution in [3.8, 4) is 0 Å². The summed E-state index contributed by atoms with van der Waals surface area (Å²) in [7, 11) is -3.98. The van der Waals surface area contributed by atoms with Crippen LogP contribution in [0.5, 0.6) is 0 Å². The van der Waals surface area contributed by atoms with Crippen molar-refractivity contribution < 1.29 is 22.4 Å². The lowest BCUT2D eigenvalue weighted by molar-refractivity contribution is -0.139. The quantitative estimate of drug-likeness (QED) is 0.497. The molecular weight excluding hydrogens is 513 g/mol. The highest BCUT2D eigenvalue weighted by molar-refractivity contribution is 9.10. The van der Waals surface area contributed by atoms with E-state index in [0.29, 0.717) is 6.42 Å². The minimum atomic E-state index is -3.98. The van der Waals surface area contributed by atoms with Crippen LogP contribution in [0.4, 0.5) is 10.1 Å². The van der Waals surface area contributed by atoms with Gasteiger partial charge in [-0.15, -0.1) is 0 Å². The number of halogens is 2. The van der Waals surface area contributed by atoms with Crippen LogP contribution in [0.3, 0.4) is 0 Å². The van der Waals surface area contributed by atoms with Crippen LogP contribution in [0.1, 0.15) is 32.8 Å². The maximum Gasteiger partial charge on any atom is 0.244 e. The maximum absolute atomic E-state index is 14.4. The molecule has 0 aliphatic rings. The Hall–Kier alpha value is -2.46. The van der Waals surface area contributed by atoms with Gasteiger partial charge in [0.15, 0.2) is 0 Å². The van der Waals surface area contributed by atoms with Gasteiger partial charge >= 0.3 is 0 Å². The highest BCUT2D eigenvalue weighted by Crippen LogP contribution is 2.22. The average molecular weight is 542 g/mol. The van der Waals surface area contributed by atoms with Gasteiger partial charge in [-0.3, -0.25) is 13.9 Å². The van der Waals surface area contributed by atoms with Crippen LogP contribution in [-0.2, 0) is 26.2 Å². The van der Waals surface area contributed by atoms with Crippen LogP contribution in [0.15, 0.2) is 53.0 Å². The molecule has 2 rings (SSSR count). The molecule has 0 unspecified atom stereocenters. The van der Waals surface area contributed by atoms with Crippen molar-refractivity contribution in [3.05, 3.63) is 64.4 Å². The molecule has 2 aromatic carbocycles. The number of carbonyl (C=O) groups is 2. The van der Waals surface area contributed by atoms with Crippen molar-refractivity contribution in [1.29, 1.82) is 0 Å². The Bertz CT molecular complexity index is 1080. The highest BCUT2D eigenvalue weighted by Gasteiger charge is 2.31. The Kier molecular flexibility index (Phi) is 9.42. The second-order valence-electron chi connectivity index (χ2n) is 7.86. The summed E-state index contributed by atoms with van der Waals surface area (Å²) in [6, 6.07) is 11.6. The predicted molar refractivity (Wildman–Crippen MR) is 131 cm³/mol. The molecule has 2 aromatic rings. The van der Waals surface area contributed by atoms with Gasteiger partial charge in [0, 0.05) is 17.1 Å². The molecule has 0 saturated carbocycles. The highest BCUT2D eigenvalue weighted by atomic mass is 79.9. The van der Waals surface area contributed by atoms with Gasteiger partial charge < -0.3 is 10.2 Å². The molecule has 0 heterocycles. The van der Waals surface area contributed by atoms with E-state index < -0.39 is 34.3 Å². The molecule has 0 fully saturated rings. The van der Waals surface area contributed by atoms with E-state index in [2.05, 4.69) is 21.2 Å². The summed E-state index contributed by atoms with van der Waals surface area (Å²) in [4.78, 5) is 27.5. The summed E-state index contributed by atoms with van der Waals surface area (Å²) < 4.78 is 40.8. The first-order chi connectivity index (χ1) is 15.4. The maximum atomic E-state index is 14.4. The topological polar surface area (TPSA) is 86.8 Å². The van der Waals surface area contributed by atoms with Gasteiger partial charge in [-0.25, -0.2) is 12.8 Å². The number of hydrogen-bond acceptors (Lipinski definition) is 4. The van der Waals surface area contributed by atoms with Gasteiger partial charge in [-0.05, 0) is 50.1 Å². The van der Waals surface area contributed by atoms with Gasteiger partial charge in [0.05, 0.1) is 11.9 Å². The van der Waals surface area contributed by atoms with Crippen molar-refractivity contribution in [2.45, 2.75) is 45.8 Å². The van der Waals surface area contributed by atoms with Crippen LogP contribution in [0, 0.1) is 5.82 Å². The van der Waals surface area contributed by atoms with E-state index >= 15 is 0 Å². The number of sulfonamides is 1. The standard InChI is InChI=1S/C23H29BrFN3O4S/c1-5-16(2)26-23(30)17(3)27(14-18-10-12-19(24)13-11-18)22(29)15-28(33(4,31)32)21-9-7-6-8-20(21)25/h6-13,16-17H,5,14-15H2,1-4H3,(H,26,30)/t16-,17+/m0/s1. The predicted octanol–water partition coefficient (Wildman–Crippen LogP) is 3.69. The molecule has 0 aliphatic heterocycles. The molecule has 180 valence electrons. The Labute approximate surface area is 203 Å². The fourth-order valence-corrected chi connectivity index (χ4v) is 4.20. The molecule has 7 nitrogen and oxygen atoms in total. The van der Waals surface area contributed by atoms with E-state index in [9.17, 15) is 22.4 Å². The molecule has 0 bridgehead atoms. The summed E-state index contributed by atoms with van der Waals surface area (Å²) in [5.41, 5.74) is 0.528. The Morgan fingerprint density at radius 1 is 1.09 bits per heavy atom. The van der Waals surface area contributed by atoms with Crippen LogP contribution < -0.4 is 9.62 Å². The third-order valence-electron chi connectivity index (χ3n) is 5.23. The van der Waals surface area contributed by atoms with E-state index in [1.165, 1.54) is 23.1 Å². The van der Waals surface area contributed by atoms with Crippen LogP contribution in [-0.4, -0.2) is 50.0 Å². The number of carbonyl (C=O) groups excluding carboxylic acids is 2. The molecule has 33 heavy (non-hydrogen) atoms. The lowest BCUT2D eigenvalue weighted by atomic mass is 10.1. The molecule has 1 N–H and O–H groups in total. The van der Waals surface area contributed by atoms with Crippen molar-refractivity contribution in [2.75, 3.05) is 17.1 Å². The van der Waals surface area contributed by atoms with Gasteiger partial charge in [0.2, 0.25) is 21.8 Å². The average Bonchev–Trinajstić information content (AvgIpc) is 2.76. The SMILES string of the molecule is CC[C@H](C)NC(=O)[C@@H](C)N(Cc1ccc(Br)cc1)C(=O)CN(c1ccccc1F)S(C)(=O)=O. The molecule has 0 spiro atoms. The third kappa shape index (κ3) is 7.53. The fraction of sp³-hybridized carbons (Fsp3) is 0.391. The number of rotatable bonds is 10. The summed E-state index contributed by atoms with van der Waals surface area (Å²) in [5.74, 6) is -1.75. The van der Waals surface area contributed by atoms with E-state index in [1.54, 1.807) is 19.1 Å². The second-order valence-corrected chi connectivity index (χ2v) is 10.7. The second kappa shape index (κ2) is 11.6. The van der Waals surface area contributed by atoms with Crippen molar-refractivity contribution in [3.63, 3.8) is 0 Å². The van der Waals surface area contributed by atoms with Gasteiger partial charge in [-0.2, -0.15) is 0 Å².